The molecule has 0 aliphatic heterocycles. The van der Waals surface area contributed by atoms with Crippen LogP contribution in [0.25, 0.3) is 0 Å². The van der Waals surface area contributed by atoms with Gasteiger partial charge in [-0.05, 0) is 36.1 Å². The lowest BCUT2D eigenvalue weighted by Gasteiger charge is -2.10. The Morgan fingerprint density at radius 2 is 1.91 bits per heavy atom. The number of nitrogens with one attached hydrogen (secondary N) is 1. The first-order valence-electron chi connectivity index (χ1n) is 7.17. The monoisotopic (exact) mass is 298 g/mol. The summed E-state index contributed by atoms with van der Waals surface area (Å²) in [5.74, 6) is 0.113. The zero-order valence-electron chi connectivity index (χ0n) is 12.6. The van der Waals surface area contributed by atoms with Gasteiger partial charge in [-0.2, -0.15) is 0 Å². The van der Waals surface area contributed by atoms with Gasteiger partial charge in [0.05, 0.1) is 4.92 Å². The minimum absolute atomic E-state index is 0.0974. The first kappa shape index (κ1) is 15.7. The molecule has 0 spiro atoms. The van der Waals surface area contributed by atoms with E-state index in [-0.39, 0.29) is 17.2 Å². The maximum atomic E-state index is 12.1. The van der Waals surface area contributed by atoms with E-state index in [2.05, 4.69) is 19.2 Å². The molecule has 1 atom stereocenters. The highest BCUT2D eigenvalue weighted by atomic mass is 16.6. The Hall–Kier alpha value is -2.69. The molecule has 0 radical (unpaired) electrons. The van der Waals surface area contributed by atoms with Crippen LogP contribution in [0.2, 0.25) is 0 Å². The van der Waals surface area contributed by atoms with Crippen LogP contribution in [0.3, 0.4) is 0 Å². The van der Waals surface area contributed by atoms with E-state index in [4.69, 9.17) is 0 Å². The van der Waals surface area contributed by atoms with Crippen LogP contribution in [-0.4, -0.2) is 10.8 Å². The molecule has 0 aromatic heterocycles. The molecule has 2 aromatic rings. The summed E-state index contributed by atoms with van der Waals surface area (Å²) in [5.41, 5.74) is 2.05. The zero-order chi connectivity index (χ0) is 16.1. The van der Waals surface area contributed by atoms with Crippen molar-refractivity contribution < 1.29 is 9.72 Å². The lowest BCUT2D eigenvalue weighted by atomic mass is 9.98. The predicted molar refractivity (Wildman–Crippen MR) is 86.2 cm³/mol. The van der Waals surface area contributed by atoms with Crippen molar-refractivity contribution >= 4 is 17.3 Å². The Balaban J connectivity index is 2.12. The molecule has 1 N–H and O–H groups in total. The van der Waals surface area contributed by atoms with Crippen LogP contribution in [0.1, 0.15) is 42.1 Å². The van der Waals surface area contributed by atoms with Crippen LogP contribution >= 0.6 is 0 Å². The van der Waals surface area contributed by atoms with Crippen molar-refractivity contribution in [2.75, 3.05) is 5.32 Å². The number of nitrogens with zero attached hydrogens (tertiary/aromatic N) is 1. The number of hydrogen-bond acceptors (Lipinski definition) is 3. The molecule has 0 heterocycles. The summed E-state index contributed by atoms with van der Waals surface area (Å²) < 4.78 is 0. The first-order chi connectivity index (χ1) is 10.5. The van der Waals surface area contributed by atoms with Crippen LogP contribution in [-0.2, 0) is 0 Å². The maximum Gasteiger partial charge on any atom is 0.270 e. The molecule has 2 aromatic carbocycles. The second-order valence-electron chi connectivity index (χ2n) is 5.19. The standard InChI is InChI=1S/C17H18N2O3/c1-3-12(2)13-7-9-15(10-8-13)18-17(20)14-5-4-6-16(11-14)19(21)22/h4-12H,3H2,1-2H3,(H,18,20)/t12-/m0/s1. The number of nitro benzene ring substituents is 1. The van der Waals surface area contributed by atoms with Gasteiger partial charge in [0.25, 0.3) is 11.6 Å². The van der Waals surface area contributed by atoms with Crippen molar-refractivity contribution in [3.63, 3.8) is 0 Å². The topological polar surface area (TPSA) is 72.2 Å². The van der Waals surface area contributed by atoms with Crippen LogP contribution < -0.4 is 5.32 Å². The van der Waals surface area contributed by atoms with Crippen LogP contribution in [0, 0.1) is 10.1 Å². The number of carbonyl (C=O) groups is 1. The average molecular weight is 298 g/mol. The van der Waals surface area contributed by atoms with Gasteiger partial charge in [-0.1, -0.05) is 32.0 Å². The largest absolute Gasteiger partial charge is 0.322 e. The van der Waals surface area contributed by atoms with Gasteiger partial charge in [-0.3, -0.25) is 14.9 Å². The molecule has 2 rings (SSSR count). The van der Waals surface area contributed by atoms with E-state index in [0.29, 0.717) is 11.6 Å². The second-order valence-corrected chi connectivity index (χ2v) is 5.19. The van der Waals surface area contributed by atoms with Crippen LogP contribution in [0.15, 0.2) is 48.5 Å². The minimum atomic E-state index is -0.516. The molecule has 0 saturated heterocycles. The smallest absolute Gasteiger partial charge is 0.270 e. The summed E-state index contributed by atoms with van der Waals surface area (Å²) in [6, 6.07) is 13.3. The van der Waals surface area contributed by atoms with Gasteiger partial charge < -0.3 is 5.32 Å². The van der Waals surface area contributed by atoms with Gasteiger partial charge in [0.2, 0.25) is 0 Å². The number of non-ortho nitro benzene ring substituents is 1. The third-order valence-corrected chi connectivity index (χ3v) is 3.67. The third kappa shape index (κ3) is 3.69. The summed E-state index contributed by atoms with van der Waals surface area (Å²) in [4.78, 5) is 22.4. The molecule has 0 saturated carbocycles. The van der Waals surface area contributed by atoms with E-state index in [0.717, 1.165) is 6.42 Å². The van der Waals surface area contributed by atoms with Gasteiger partial charge in [-0.15, -0.1) is 0 Å². The lowest BCUT2D eigenvalue weighted by molar-refractivity contribution is -0.384. The molecule has 5 heteroatoms. The zero-order valence-corrected chi connectivity index (χ0v) is 12.6. The van der Waals surface area contributed by atoms with Gasteiger partial charge in [0, 0.05) is 23.4 Å². The van der Waals surface area contributed by atoms with E-state index in [1.807, 2.05) is 24.3 Å². The molecule has 1 amide bonds. The van der Waals surface area contributed by atoms with E-state index in [9.17, 15) is 14.9 Å². The average Bonchev–Trinajstić information content (AvgIpc) is 2.54. The Bertz CT molecular complexity index is 681. The van der Waals surface area contributed by atoms with Gasteiger partial charge in [0.15, 0.2) is 0 Å². The van der Waals surface area contributed by atoms with Crippen molar-refractivity contribution in [1.29, 1.82) is 0 Å². The van der Waals surface area contributed by atoms with Gasteiger partial charge in [-0.25, -0.2) is 0 Å². The lowest BCUT2D eigenvalue weighted by Crippen LogP contribution is -2.12. The highest BCUT2D eigenvalue weighted by Crippen LogP contribution is 2.21. The summed E-state index contributed by atoms with van der Waals surface area (Å²) in [5, 5.41) is 13.5. The van der Waals surface area contributed by atoms with Crippen LogP contribution in [0.5, 0.6) is 0 Å². The molecule has 0 fully saturated rings. The molecule has 0 bridgehead atoms. The quantitative estimate of drug-likeness (QED) is 0.658. The molecular weight excluding hydrogens is 280 g/mol. The van der Waals surface area contributed by atoms with Crippen molar-refractivity contribution in [3.8, 4) is 0 Å². The Morgan fingerprint density at radius 1 is 1.23 bits per heavy atom. The maximum absolute atomic E-state index is 12.1. The third-order valence-electron chi connectivity index (χ3n) is 3.67. The summed E-state index contributed by atoms with van der Waals surface area (Å²) in [7, 11) is 0. The van der Waals surface area contributed by atoms with Crippen molar-refractivity contribution in [2.45, 2.75) is 26.2 Å². The fraction of sp³-hybridized carbons (Fsp3) is 0.235. The summed E-state index contributed by atoms with van der Waals surface area (Å²) in [6.45, 7) is 4.28. The number of carbonyl (C=O) groups excluding carboxylic acids is 1. The number of nitro groups is 1. The highest BCUT2D eigenvalue weighted by molar-refractivity contribution is 6.04. The van der Waals surface area contributed by atoms with Crippen molar-refractivity contribution in [3.05, 3.63) is 69.8 Å². The van der Waals surface area contributed by atoms with E-state index < -0.39 is 4.92 Å². The Kier molecular flexibility index (Phi) is 4.88. The normalized spacial score (nSPS) is 11.7. The first-order valence-corrected chi connectivity index (χ1v) is 7.17. The fourth-order valence-electron chi connectivity index (χ4n) is 2.09. The van der Waals surface area contributed by atoms with Crippen molar-refractivity contribution in [2.24, 2.45) is 0 Å². The highest BCUT2D eigenvalue weighted by Gasteiger charge is 2.12. The Morgan fingerprint density at radius 3 is 2.50 bits per heavy atom. The molecule has 22 heavy (non-hydrogen) atoms. The fourth-order valence-corrected chi connectivity index (χ4v) is 2.09. The second kappa shape index (κ2) is 6.85. The van der Waals surface area contributed by atoms with Crippen molar-refractivity contribution in [1.82, 2.24) is 0 Å². The Labute approximate surface area is 129 Å². The number of benzene rings is 2. The van der Waals surface area contributed by atoms with E-state index in [1.54, 1.807) is 6.07 Å². The van der Waals surface area contributed by atoms with E-state index in [1.165, 1.54) is 23.8 Å². The number of hydrogen-bond donors (Lipinski definition) is 1. The predicted octanol–water partition coefficient (Wildman–Crippen LogP) is 4.36. The van der Waals surface area contributed by atoms with Crippen LogP contribution in [0.4, 0.5) is 11.4 Å². The molecule has 5 nitrogen and oxygen atoms in total. The SMILES string of the molecule is CC[C@H](C)c1ccc(NC(=O)c2cccc([N+](=O)[O-])c2)cc1. The number of anilines is 1. The number of amides is 1. The van der Waals surface area contributed by atoms with Gasteiger partial charge in [0.1, 0.15) is 0 Å². The summed E-state index contributed by atoms with van der Waals surface area (Å²) >= 11 is 0. The molecule has 0 unspecified atom stereocenters. The number of rotatable bonds is 5. The van der Waals surface area contributed by atoms with E-state index >= 15 is 0 Å². The minimum Gasteiger partial charge on any atom is -0.322 e. The molecule has 0 aliphatic carbocycles. The summed E-state index contributed by atoms with van der Waals surface area (Å²) in [6.07, 6.45) is 1.05. The molecule has 114 valence electrons. The molecule has 0 aliphatic rings. The molecular formula is C17H18N2O3. The van der Waals surface area contributed by atoms with Gasteiger partial charge >= 0.3 is 0 Å².